The van der Waals surface area contributed by atoms with Gasteiger partial charge in [0.2, 0.25) is 5.91 Å². The number of benzene rings is 2. The van der Waals surface area contributed by atoms with Gasteiger partial charge in [-0.1, -0.05) is 18.2 Å². The van der Waals surface area contributed by atoms with E-state index >= 15 is 0 Å². The van der Waals surface area contributed by atoms with Gasteiger partial charge < -0.3 is 10.2 Å². The van der Waals surface area contributed by atoms with Gasteiger partial charge in [0, 0.05) is 49.2 Å². The third kappa shape index (κ3) is 4.37. The minimum Gasteiger partial charge on any atom is -0.371 e. The minimum atomic E-state index is 0.0253. The molecule has 0 atom stereocenters. The fourth-order valence-corrected chi connectivity index (χ4v) is 3.79. The van der Waals surface area contributed by atoms with Gasteiger partial charge in [-0.05, 0) is 54.8 Å². The number of aromatic nitrogens is 2. The minimum absolute atomic E-state index is 0.0253. The Morgan fingerprint density at radius 2 is 1.83 bits per heavy atom. The van der Waals surface area contributed by atoms with Crippen molar-refractivity contribution in [3.05, 3.63) is 78.1 Å². The van der Waals surface area contributed by atoms with Crippen molar-refractivity contribution in [3.8, 4) is 5.69 Å². The van der Waals surface area contributed by atoms with Gasteiger partial charge in [0.1, 0.15) is 6.29 Å². The molecule has 0 unspecified atom stereocenters. The van der Waals surface area contributed by atoms with Crippen LogP contribution in [0.25, 0.3) is 5.69 Å². The molecule has 0 bridgehead atoms. The molecule has 0 saturated carbocycles. The molecule has 29 heavy (non-hydrogen) atoms. The lowest BCUT2D eigenvalue weighted by atomic mass is 9.95. The lowest BCUT2D eigenvalue weighted by Gasteiger charge is -2.33. The molecule has 0 spiro atoms. The fourth-order valence-electron chi connectivity index (χ4n) is 3.79. The van der Waals surface area contributed by atoms with E-state index in [4.69, 9.17) is 0 Å². The SMILES string of the molecule is O=Cc1ccc(N2CCC(C(=O)NCc3ccccc3-n3cccn3)CC2)cc1. The lowest BCUT2D eigenvalue weighted by Crippen LogP contribution is -2.40. The van der Waals surface area contributed by atoms with Crippen molar-refractivity contribution < 1.29 is 9.59 Å². The smallest absolute Gasteiger partial charge is 0.223 e. The highest BCUT2D eigenvalue weighted by Gasteiger charge is 2.25. The molecular weight excluding hydrogens is 364 g/mol. The van der Waals surface area contributed by atoms with Gasteiger partial charge in [-0.3, -0.25) is 9.59 Å². The maximum Gasteiger partial charge on any atom is 0.223 e. The van der Waals surface area contributed by atoms with E-state index in [1.54, 1.807) is 6.20 Å². The number of nitrogens with zero attached hydrogens (tertiary/aromatic N) is 3. The second kappa shape index (κ2) is 8.73. The van der Waals surface area contributed by atoms with Crippen molar-refractivity contribution >= 4 is 17.9 Å². The molecule has 2 heterocycles. The summed E-state index contributed by atoms with van der Waals surface area (Å²) < 4.78 is 1.82. The summed E-state index contributed by atoms with van der Waals surface area (Å²) in [6.45, 7) is 2.16. The topological polar surface area (TPSA) is 67.2 Å². The standard InChI is InChI=1S/C23H24N4O2/c28-17-18-6-8-21(9-7-18)26-14-10-19(11-15-26)23(29)24-16-20-4-1-2-5-22(20)27-13-3-12-25-27/h1-9,12-13,17,19H,10-11,14-16H2,(H,24,29). The number of aldehydes is 1. The van der Waals surface area contributed by atoms with E-state index in [-0.39, 0.29) is 11.8 Å². The Balaban J connectivity index is 1.32. The van der Waals surface area contributed by atoms with Crippen LogP contribution < -0.4 is 10.2 Å². The zero-order valence-corrected chi connectivity index (χ0v) is 16.2. The summed E-state index contributed by atoms with van der Waals surface area (Å²) in [7, 11) is 0. The first-order valence-corrected chi connectivity index (χ1v) is 9.90. The Morgan fingerprint density at radius 3 is 2.52 bits per heavy atom. The number of para-hydroxylation sites is 1. The van der Waals surface area contributed by atoms with Crippen molar-refractivity contribution in [2.24, 2.45) is 5.92 Å². The third-order valence-corrected chi connectivity index (χ3v) is 5.46. The molecular formula is C23H24N4O2. The van der Waals surface area contributed by atoms with E-state index < -0.39 is 0 Å². The first-order chi connectivity index (χ1) is 14.2. The molecule has 1 fully saturated rings. The van der Waals surface area contributed by atoms with Gasteiger partial charge in [0.25, 0.3) is 0 Å². The summed E-state index contributed by atoms with van der Waals surface area (Å²) in [4.78, 5) is 25.8. The Morgan fingerprint density at radius 1 is 1.07 bits per heavy atom. The van der Waals surface area contributed by atoms with E-state index in [0.29, 0.717) is 12.1 Å². The monoisotopic (exact) mass is 388 g/mol. The van der Waals surface area contributed by atoms with E-state index in [0.717, 1.165) is 49.2 Å². The zero-order valence-electron chi connectivity index (χ0n) is 16.2. The van der Waals surface area contributed by atoms with Crippen LogP contribution in [0.15, 0.2) is 67.0 Å². The summed E-state index contributed by atoms with van der Waals surface area (Å²) in [5, 5.41) is 7.39. The summed E-state index contributed by atoms with van der Waals surface area (Å²) in [5.41, 5.74) is 3.80. The molecule has 4 rings (SSSR count). The molecule has 1 N–H and O–H groups in total. The van der Waals surface area contributed by atoms with Crippen LogP contribution in [0.5, 0.6) is 0 Å². The summed E-state index contributed by atoms with van der Waals surface area (Å²) in [5.74, 6) is 0.133. The van der Waals surface area contributed by atoms with E-state index in [9.17, 15) is 9.59 Å². The van der Waals surface area contributed by atoms with E-state index in [1.165, 1.54) is 0 Å². The first-order valence-electron chi connectivity index (χ1n) is 9.90. The van der Waals surface area contributed by atoms with Crippen LogP contribution in [-0.2, 0) is 11.3 Å². The molecule has 1 saturated heterocycles. The van der Waals surface area contributed by atoms with Crippen molar-refractivity contribution in [1.29, 1.82) is 0 Å². The number of amides is 1. The molecule has 3 aromatic rings. The van der Waals surface area contributed by atoms with Gasteiger partial charge in [-0.25, -0.2) is 4.68 Å². The van der Waals surface area contributed by atoms with Gasteiger partial charge >= 0.3 is 0 Å². The van der Waals surface area contributed by atoms with Crippen LogP contribution in [0.2, 0.25) is 0 Å². The Labute approximate surface area is 170 Å². The predicted octanol–water partition coefficient (Wildman–Crippen LogP) is 3.22. The number of carbonyl (C=O) groups is 2. The molecule has 6 nitrogen and oxygen atoms in total. The van der Waals surface area contributed by atoms with Crippen LogP contribution in [0.4, 0.5) is 5.69 Å². The molecule has 1 aliphatic heterocycles. The van der Waals surface area contributed by atoms with E-state index in [1.807, 2.05) is 65.5 Å². The van der Waals surface area contributed by atoms with E-state index in [2.05, 4.69) is 15.3 Å². The Kier molecular flexibility index (Phi) is 5.70. The first kappa shape index (κ1) is 18.9. The second-order valence-corrected chi connectivity index (χ2v) is 7.27. The zero-order chi connectivity index (χ0) is 20.1. The van der Waals surface area contributed by atoms with Gasteiger partial charge in [-0.15, -0.1) is 0 Å². The van der Waals surface area contributed by atoms with Crippen molar-refractivity contribution in [1.82, 2.24) is 15.1 Å². The van der Waals surface area contributed by atoms with Crippen LogP contribution in [0.3, 0.4) is 0 Å². The van der Waals surface area contributed by atoms with Crippen molar-refractivity contribution in [2.75, 3.05) is 18.0 Å². The van der Waals surface area contributed by atoms with Gasteiger partial charge in [0.05, 0.1) is 5.69 Å². The molecule has 1 aromatic heterocycles. The summed E-state index contributed by atoms with van der Waals surface area (Å²) in [6.07, 6.45) is 6.14. The number of piperidine rings is 1. The predicted molar refractivity (Wildman–Crippen MR) is 112 cm³/mol. The number of anilines is 1. The Hall–Kier alpha value is -3.41. The molecule has 1 aliphatic rings. The summed E-state index contributed by atoms with van der Waals surface area (Å²) in [6, 6.07) is 17.5. The Bertz CT molecular complexity index is 959. The summed E-state index contributed by atoms with van der Waals surface area (Å²) >= 11 is 0. The fraction of sp³-hybridized carbons (Fsp3) is 0.261. The van der Waals surface area contributed by atoms with Crippen molar-refractivity contribution in [3.63, 3.8) is 0 Å². The molecule has 148 valence electrons. The highest BCUT2D eigenvalue weighted by Crippen LogP contribution is 2.24. The molecule has 0 aliphatic carbocycles. The normalized spacial score (nSPS) is 14.6. The highest BCUT2D eigenvalue weighted by atomic mass is 16.1. The number of hydrogen-bond donors (Lipinski definition) is 1. The van der Waals surface area contributed by atoms with Gasteiger partial charge in [0.15, 0.2) is 0 Å². The number of rotatable bonds is 6. The highest BCUT2D eigenvalue weighted by molar-refractivity contribution is 5.79. The number of carbonyl (C=O) groups excluding carboxylic acids is 2. The van der Waals surface area contributed by atoms with Crippen molar-refractivity contribution in [2.45, 2.75) is 19.4 Å². The molecule has 1 amide bonds. The largest absolute Gasteiger partial charge is 0.371 e. The average molecular weight is 388 g/mol. The van der Waals surface area contributed by atoms with Crippen LogP contribution in [0.1, 0.15) is 28.8 Å². The third-order valence-electron chi connectivity index (χ3n) is 5.46. The van der Waals surface area contributed by atoms with Crippen LogP contribution >= 0.6 is 0 Å². The van der Waals surface area contributed by atoms with Crippen LogP contribution in [0, 0.1) is 5.92 Å². The molecule has 6 heteroatoms. The number of nitrogens with one attached hydrogen (secondary N) is 1. The number of hydrogen-bond acceptors (Lipinski definition) is 4. The second-order valence-electron chi connectivity index (χ2n) is 7.27. The quantitative estimate of drug-likeness (QED) is 0.659. The lowest BCUT2D eigenvalue weighted by molar-refractivity contribution is -0.125. The molecule has 0 radical (unpaired) electrons. The molecule has 2 aromatic carbocycles. The maximum atomic E-state index is 12.7. The van der Waals surface area contributed by atoms with Gasteiger partial charge in [-0.2, -0.15) is 5.10 Å². The van der Waals surface area contributed by atoms with Crippen LogP contribution in [-0.4, -0.2) is 35.1 Å². The maximum absolute atomic E-state index is 12.7. The average Bonchev–Trinajstić information content (AvgIpc) is 3.33.